The summed E-state index contributed by atoms with van der Waals surface area (Å²) in [6, 6.07) is 24.3. The lowest BCUT2D eigenvalue weighted by atomic mass is 9.82. The van der Waals surface area contributed by atoms with Crippen molar-refractivity contribution < 1.29 is 14.4 Å². The smallest absolute Gasteiger partial charge is 0.118 e. The first-order chi connectivity index (χ1) is 16.6. The Morgan fingerprint density at radius 3 is 2.00 bits per heavy atom. The molecule has 34 heavy (non-hydrogen) atoms. The van der Waals surface area contributed by atoms with Crippen LogP contribution in [0.25, 0.3) is 0 Å². The first-order valence-electron chi connectivity index (χ1n) is 11.7. The van der Waals surface area contributed by atoms with Crippen molar-refractivity contribution in [3.05, 3.63) is 88.4 Å². The zero-order valence-corrected chi connectivity index (χ0v) is 20.3. The van der Waals surface area contributed by atoms with E-state index in [1.807, 2.05) is 60.7 Å². The van der Waals surface area contributed by atoms with Gasteiger partial charge in [0.1, 0.15) is 5.75 Å². The molecule has 7 heteroatoms. The van der Waals surface area contributed by atoms with Gasteiger partial charge in [-0.1, -0.05) is 35.3 Å². The van der Waals surface area contributed by atoms with Crippen molar-refractivity contribution in [2.75, 3.05) is 17.2 Å². The van der Waals surface area contributed by atoms with E-state index >= 15 is 0 Å². The summed E-state index contributed by atoms with van der Waals surface area (Å²) in [5.41, 5.74) is 3.20. The maximum absolute atomic E-state index is 6.71. The van der Waals surface area contributed by atoms with Gasteiger partial charge in [0.15, 0.2) is 0 Å². The molecule has 176 valence electrons. The summed E-state index contributed by atoms with van der Waals surface area (Å²) in [6.07, 6.45) is 3.16. The van der Waals surface area contributed by atoms with E-state index in [1.54, 1.807) is 7.11 Å². The van der Waals surface area contributed by atoms with Crippen LogP contribution in [0, 0.1) is 5.92 Å². The SMILES string of the molecule is COc1ccc(C2[C@@H]3[C@H]4C[C@@H](CC[C@H]3ON2c2ccc(Cl)cc2)ON4c2ccc(Cl)cc2)cc1. The van der Waals surface area contributed by atoms with Crippen molar-refractivity contribution in [1.82, 2.24) is 0 Å². The zero-order chi connectivity index (χ0) is 23.2. The minimum atomic E-state index is 0.0114. The Morgan fingerprint density at radius 2 is 1.38 bits per heavy atom. The molecule has 2 saturated heterocycles. The average Bonchev–Trinajstić information content (AvgIpc) is 3.39. The Bertz CT molecular complexity index is 1140. The molecule has 1 unspecified atom stereocenters. The van der Waals surface area contributed by atoms with Crippen LogP contribution in [0.2, 0.25) is 10.0 Å². The molecule has 3 aliphatic rings. The number of rotatable bonds is 4. The van der Waals surface area contributed by atoms with Crippen molar-refractivity contribution >= 4 is 34.6 Å². The van der Waals surface area contributed by atoms with Gasteiger partial charge in [0.05, 0.1) is 42.8 Å². The molecule has 2 bridgehead atoms. The van der Waals surface area contributed by atoms with Crippen LogP contribution in [-0.4, -0.2) is 25.4 Å². The Kier molecular flexibility index (Phi) is 5.82. The molecule has 2 aliphatic heterocycles. The van der Waals surface area contributed by atoms with E-state index in [2.05, 4.69) is 22.3 Å². The van der Waals surface area contributed by atoms with E-state index in [-0.39, 0.29) is 30.2 Å². The molecule has 0 spiro atoms. The number of methoxy groups -OCH3 is 1. The monoisotopic (exact) mass is 496 g/mol. The lowest BCUT2D eigenvalue weighted by Crippen LogP contribution is -2.42. The van der Waals surface area contributed by atoms with E-state index in [0.717, 1.165) is 41.4 Å². The van der Waals surface area contributed by atoms with Crippen molar-refractivity contribution in [2.24, 2.45) is 5.92 Å². The molecule has 0 radical (unpaired) electrons. The fourth-order valence-corrected chi connectivity index (χ4v) is 5.89. The topological polar surface area (TPSA) is 34.2 Å². The number of halogens is 2. The maximum Gasteiger partial charge on any atom is 0.118 e. The third-order valence-electron chi connectivity index (χ3n) is 7.20. The molecule has 0 amide bonds. The summed E-state index contributed by atoms with van der Waals surface area (Å²) in [7, 11) is 1.69. The lowest BCUT2D eigenvalue weighted by Gasteiger charge is -2.35. The number of hydrogen-bond donors (Lipinski definition) is 0. The van der Waals surface area contributed by atoms with Crippen molar-refractivity contribution in [3.8, 4) is 5.75 Å². The van der Waals surface area contributed by atoms with E-state index in [0.29, 0.717) is 5.02 Å². The Labute approximate surface area is 209 Å². The van der Waals surface area contributed by atoms with Crippen LogP contribution in [-0.2, 0) is 9.68 Å². The van der Waals surface area contributed by atoms with Gasteiger partial charge in [0.25, 0.3) is 0 Å². The van der Waals surface area contributed by atoms with Crippen molar-refractivity contribution in [2.45, 2.75) is 43.6 Å². The van der Waals surface area contributed by atoms with E-state index < -0.39 is 0 Å². The van der Waals surface area contributed by atoms with Crippen LogP contribution < -0.4 is 14.9 Å². The lowest BCUT2D eigenvalue weighted by molar-refractivity contribution is 0.0170. The van der Waals surface area contributed by atoms with Gasteiger partial charge < -0.3 is 4.74 Å². The molecule has 5 nitrogen and oxygen atoms in total. The van der Waals surface area contributed by atoms with Gasteiger partial charge in [0, 0.05) is 16.0 Å². The van der Waals surface area contributed by atoms with E-state index in [4.69, 9.17) is 37.6 Å². The summed E-state index contributed by atoms with van der Waals surface area (Å²) in [4.78, 5) is 13.2. The second kappa shape index (κ2) is 8.97. The van der Waals surface area contributed by atoms with Gasteiger partial charge >= 0.3 is 0 Å². The van der Waals surface area contributed by atoms with Gasteiger partial charge in [-0.25, -0.2) is 5.06 Å². The van der Waals surface area contributed by atoms with Crippen LogP contribution in [0.4, 0.5) is 11.4 Å². The number of fused-ring (bicyclic) bond motifs is 4. The molecule has 6 rings (SSSR count). The summed E-state index contributed by atoms with van der Waals surface area (Å²) in [5, 5.41) is 5.60. The fourth-order valence-electron chi connectivity index (χ4n) is 5.63. The molecule has 0 N–H and O–H groups in total. The average molecular weight is 497 g/mol. The second-order valence-corrected chi connectivity index (χ2v) is 10.0. The predicted octanol–water partition coefficient (Wildman–Crippen LogP) is 6.85. The van der Waals surface area contributed by atoms with Gasteiger partial charge in [-0.15, -0.1) is 0 Å². The van der Waals surface area contributed by atoms with Gasteiger partial charge in [0.2, 0.25) is 0 Å². The van der Waals surface area contributed by atoms with E-state index in [1.165, 1.54) is 5.56 Å². The normalized spacial score (nSPS) is 28.0. The van der Waals surface area contributed by atoms with Crippen LogP contribution in [0.5, 0.6) is 5.75 Å². The number of nitrogens with zero attached hydrogens (tertiary/aromatic N) is 2. The number of hydroxylamine groups is 2. The quantitative estimate of drug-likeness (QED) is 0.394. The van der Waals surface area contributed by atoms with Gasteiger partial charge in [-0.2, -0.15) is 0 Å². The molecule has 2 heterocycles. The van der Waals surface area contributed by atoms with Crippen molar-refractivity contribution in [1.29, 1.82) is 0 Å². The second-order valence-electron chi connectivity index (χ2n) is 9.15. The highest BCUT2D eigenvalue weighted by atomic mass is 35.5. The molecule has 3 aromatic carbocycles. The van der Waals surface area contributed by atoms with Crippen LogP contribution in [0.1, 0.15) is 30.9 Å². The molecule has 3 fully saturated rings. The number of benzene rings is 3. The molecule has 1 aliphatic carbocycles. The minimum Gasteiger partial charge on any atom is -0.497 e. The highest BCUT2D eigenvalue weighted by Gasteiger charge is 2.55. The third kappa shape index (κ3) is 3.91. The third-order valence-corrected chi connectivity index (χ3v) is 7.70. The maximum atomic E-state index is 6.71. The molecule has 3 aromatic rings. The Hall–Kier alpha value is -2.44. The first-order valence-corrected chi connectivity index (χ1v) is 12.4. The highest BCUT2D eigenvalue weighted by molar-refractivity contribution is 6.30. The van der Waals surface area contributed by atoms with Gasteiger partial charge in [-0.05, 0) is 85.5 Å². The van der Waals surface area contributed by atoms with Gasteiger partial charge in [-0.3, -0.25) is 14.7 Å². The Morgan fingerprint density at radius 1 is 0.765 bits per heavy atom. The van der Waals surface area contributed by atoms with E-state index in [9.17, 15) is 0 Å². The number of anilines is 2. The number of ether oxygens (including phenoxy) is 1. The zero-order valence-electron chi connectivity index (χ0n) is 18.8. The first kappa shape index (κ1) is 22.1. The summed E-state index contributed by atoms with van der Waals surface area (Å²) >= 11 is 12.4. The molecule has 1 saturated carbocycles. The highest BCUT2D eigenvalue weighted by Crippen LogP contribution is 2.52. The number of hydrogen-bond acceptors (Lipinski definition) is 5. The molecular formula is C27H26Cl2N2O3. The minimum absolute atomic E-state index is 0.0114. The summed E-state index contributed by atoms with van der Waals surface area (Å²) in [6.45, 7) is 0. The van der Waals surface area contributed by atoms with Crippen LogP contribution >= 0.6 is 23.2 Å². The van der Waals surface area contributed by atoms with Crippen LogP contribution in [0.3, 0.4) is 0 Å². The Balaban J connectivity index is 1.43. The fraction of sp³-hybridized carbons (Fsp3) is 0.333. The molecular weight excluding hydrogens is 471 g/mol. The molecule has 0 aromatic heterocycles. The summed E-state index contributed by atoms with van der Waals surface area (Å²) < 4.78 is 5.42. The molecule has 5 atom stereocenters. The standard InChI is InChI=1S/C27H26Cl2N2O3/c1-32-22-12-2-17(3-13-22)27-26-24-16-23(33-30(24)20-8-4-18(28)5-9-20)14-15-25(26)34-31(27)21-10-6-19(29)7-11-21/h2-13,23-27H,14-16H2,1H3/t23-,24-,25-,26-,27?/m1/s1. The largest absolute Gasteiger partial charge is 0.497 e. The predicted molar refractivity (Wildman–Crippen MR) is 134 cm³/mol. The summed E-state index contributed by atoms with van der Waals surface area (Å²) in [5.74, 6) is 1.04. The van der Waals surface area contributed by atoms with Crippen LogP contribution in [0.15, 0.2) is 72.8 Å². The van der Waals surface area contributed by atoms with Crippen molar-refractivity contribution in [3.63, 3.8) is 0 Å².